The Balaban J connectivity index is 2.28. The minimum absolute atomic E-state index is 0.122. The molecule has 114 valence electrons. The Morgan fingerprint density at radius 3 is 2.33 bits per heavy atom. The summed E-state index contributed by atoms with van der Waals surface area (Å²) in [5.41, 5.74) is 4.09. The first kappa shape index (κ1) is 16.9. The number of carbonyl (C=O) groups excluding carboxylic acids is 2. The number of benzene rings is 1. The molecule has 0 spiro atoms. The van der Waals surface area contributed by atoms with E-state index in [2.05, 4.69) is 29.7 Å². The second-order valence-corrected chi connectivity index (χ2v) is 5.39. The number of anilines is 1. The minimum Gasteiger partial charge on any atom is -0.326 e. The summed E-state index contributed by atoms with van der Waals surface area (Å²) in [7, 11) is 0. The van der Waals surface area contributed by atoms with Crippen LogP contribution >= 0.6 is 0 Å². The molecule has 0 saturated heterocycles. The minimum atomic E-state index is -0.249. The predicted octanol–water partition coefficient (Wildman–Crippen LogP) is 2.94. The van der Waals surface area contributed by atoms with Gasteiger partial charge in [0, 0.05) is 24.2 Å². The number of hydrazone groups is 1. The van der Waals surface area contributed by atoms with Gasteiger partial charge in [-0.15, -0.1) is 0 Å². The maximum Gasteiger partial charge on any atom is 0.240 e. The van der Waals surface area contributed by atoms with E-state index in [-0.39, 0.29) is 24.7 Å². The quantitative estimate of drug-likeness (QED) is 0.598. The van der Waals surface area contributed by atoms with Crippen LogP contribution in [0.25, 0.3) is 0 Å². The Hall–Kier alpha value is -2.17. The van der Waals surface area contributed by atoms with Crippen LogP contribution in [0.15, 0.2) is 35.4 Å². The number of hydrogen-bond donors (Lipinski definition) is 2. The second-order valence-electron chi connectivity index (χ2n) is 5.39. The Bertz CT molecular complexity index is 496. The number of rotatable bonds is 7. The third kappa shape index (κ3) is 7.87. The largest absolute Gasteiger partial charge is 0.326 e. The van der Waals surface area contributed by atoms with E-state index in [9.17, 15) is 9.59 Å². The summed E-state index contributed by atoms with van der Waals surface area (Å²) >= 11 is 0. The molecule has 0 aliphatic rings. The van der Waals surface area contributed by atoms with Gasteiger partial charge in [0.1, 0.15) is 0 Å². The number of nitrogens with zero attached hydrogens (tertiary/aromatic N) is 1. The highest BCUT2D eigenvalue weighted by Crippen LogP contribution is 2.06. The zero-order valence-electron chi connectivity index (χ0n) is 12.8. The number of nitrogens with one attached hydrogen (secondary N) is 2. The van der Waals surface area contributed by atoms with Crippen LogP contribution in [-0.2, 0) is 9.59 Å². The molecule has 0 atom stereocenters. The Morgan fingerprint density at radius 1 is 1.10 bits per heavy atom. The average molecular weight is 289 g/mol. The highest BCUT2D eigenvalue weighted by Gasteiger charge is 2.07. The molecule has 5 heteroatoms. The van der Waals surface area contributed by atoms with Gasteiger partial charge < -0.3 is 5.32 Å². The van der Waals surface area contributed by atoms with Gasteiger partial charge in [-0.05, 0) is 31.4 Å². The lowest BCUT2D eigenvalue weighted by Gasteiger charge is -2.06. The standard InChI is InChI=1S/C16H23N3O2/c1-12(2)11-13(3)18-19-16(21)10-9-15(20)17-14-7-5-4-6-8-14/h4-8,12H,9-11H2,1-3H3,(H,17,20)(H,19,21)/b18-13-. The van der Waals surface area contributed by atoms with Crippen molar-refractivity contribution in [2.24, 2.45) is 11.0 Å². The molecule has 5 nitrogen and oxygen atoms in total. The summed E-state index contributed by atoms with van der Waals surface area (Å²) in [5.74, 6) is 0.0721. The van der Waals surface area contributed by atoms with Crippen molar-refractivity contribution in [1.29, 1.82) is 0 Å². The van der Waals surface area contributed by atoms with Crippen LogP contribution in [-0.4, -0.2) is 17.5 Å². The molecular formula is C16H23N3O2. The van der Waals surface area contributed by atoms with E-state index in [1.54, 1.807) is 12.1 Å². The SMILES string of the molecule is C/C(CC(C)C)=N/NC(=O)CCC(=O)Nc1ccccc1. The van der Waals surface area contributed by atoms with Crippen molar-refractivity contribution in [3.63, 3.8) is 0 Å². The molecule has 0 radical (unpaired) electrons. The predicted molar refractivity (Wildman–Crippen MR) is 85.0 cm³/mol. The molecule has 21 heavy (non-hydrogen) atoms. The first-order valence-corrected chi connectivity index (χ1v) is 7.14. The maximum absolute atomic E-state index is 11.7. The van der Waals surface area contributed by atoms with Gasteiger partial charge in [-0.2, -0.15) is 5.10 Å². The smallest absolute Gasteiger partial charge is 0.240 e. The van der Waals surface area contributed by atoms with Crippen molar-refractivity contribution in [2.75, 3.05) is 5.32 Å². The first-order chi connectivity index (χ1) is 9.97. The molecule has 0 aliphatic carbocycles. The lowest BCUT2D eigenvalue weighted by molar-refractivity contribution is -0.124. The van der Waals surface area contributed by atoms with Crippen molar-refractivity contribution in [2.45, 2.75) is 40.0 Å². The summed E-state index contributed by atoms with van der Waals surface area (Å²) < 4.78 is 0. The van der Waals surface area contributed by atoms with Gasteiger partial charge in [-0.25, -0.2) is 5.43 Å². The summed E-state index contributed by atoms with van der Waals surface area (Å²) in [6.07, 6.45) is 1.10. The molecule has 0 saturated carbocycles. The fraction of sp³-hybridized carbons (Fsp3) is 0.438. The van der Waals surface area contributed by atoms with Crippen LogP contribution < -0.4 is 10.7 Å². The molecule has 1 aromatic carbocycles. The van der Waals surface area contributed by atoms with Gasteiger partial charge in [-0.3, -0.25) is 9.59 Å². The van der Waals surface area contributed by atoms with E-state index in [0.717, 1.165) is 17.8 Å². The fourth-order valence-electron chi connectivity index (χ4n) is 1.82. The van der Waals surface area contributed by atoms with Gasteiger partial charge in [0.25, 0.3) is 0 Å². The van der Waals surface area contributed by atoms with E-state index in [1.807, 2.05) is 25.1 Å². The van der Waals surface area contributed by atoms with Crippen LogP contribution in [0.5, 0.6) is 0 Å². The molecule has 0 aromatic heterocycles. The molecule has 0 bridgehead atoms. The number of hydrogen-bond acceptors (Lipinski definition) is 3. The van der Waals surface area contributed by atoms with Crippen molar-refractivity contribution in [3.8, 4) is 0 Å². The summed E-state index contributed by atoms with van der Waals surface area (Å²) in [5, 5.41) is 6.75. The van der Waals surface area contributed by atoms with Crippen LogP contribution in [0.1, 0.15) is 40.0 Å². The fourth-order valence-corrected chi connectivity index (χ4v) is 1.82. The molecule has 1 rings (SSSR count). The highest BCUT2D eigenvalue weighted by molar-refractivity contribution is 5.93. The van der Waals surface area contributed by atoms with E-state index < -0.39 is 0 Å². The van der Waals surface area contributed by atoms with Crippen LogP contribution in [0.2, 0.25) is 0 Å². The molecule has 0 heterocycles. The van der Waals surface area contributed by atoms with Gasteiger partial charge in [0.05, 0.1) is 0 Å². The second kappa shape index (κ2) is 8.89. The molecule has 2 amide bonds. The topological polar surface area (TPSA) is 70.6 Å². The van der Waals surface area contributed by atoms with E-state index in [4.69, 9.17) is 0 Å². The van der Waals surface area contributed by atoms with E-state index in [0.29, 0.717) is 5.92 Å². The maximum atomic E-state index is 11.7. The normalized spacial score (nSPS) is 11.3. The molecular weight excluding hydrogens is 266 g/mol. The number of para-hydroxylation sites is 1. The van der Waals surface area contributed by atoms with Gasteiger partial charge in [0.15, 0.2) is 0 Å². The summed E-state index contributed by atoms with van der Waals surface area (Å²) in [6.45, 7) is 6.06. The highest BCUT2D eigenvalue weighted by atomic mass is 16.2. The van der Waals surface area contributed by atoms with Gasteiger partial charge >= 0.3 is 0 Å². The van der Waals surface area contributed by atoms with Crippen molar-refractivity contribution in [3.05, 3.63) is 30.3 Å². The average Bonchev–Trinajstić information content (AvgIpc) is 2.43. The number of amides is 2. The summed E-state index contributed by atoms with van der Waals surface area (Å²) in [4.78, 5) is 23.3. The monoisotopic (exact) mass is 289 g/mol. The Labute approximate surface area is 125 Å². The third-order valence-corrected chi connectivity index (χ3v) is 2.71. The molecule has 0 fully saturated rings. The Kier molecular flexibility index (Phi) is 7.15. The van der Waals surface area contributed by atoms with Crippen molar-refractivity contribution in [1.82, 2.24) is 5.43 Å². The third-order valence-electron chi connectivity index (χ3n) is 2.71. The lowest BCUT2D eigenvalue weighted by atomic mass is 10.1. The lowest BCUT2D eigenvalue weighted by Crippen LogP contribution is -2.21. The number of carbonyl (C=O) groups is 2. The first-order valence-electron chi connectivity index (χ1n) is 7.14. The van der Waals surface area contributed by atoms with E-state index >= 15 is 0 Å². The molecule has 0 unspecified atom stereocenters. The van der Waals surface area contributed by atoms with Crippen molar-refractivity contribution >= 4 is 23.2 Å². The van der Waals surface area contributed by atoms with E-state index in [1.165, 1.54) is 0 Å². The van der Waals surface area contributed by atoms with Crippen LogP contribution in [0.3, 0.4) is 0 Å². The zero-order valence-corrected chi connectivity index (χ0v) is 12.8. The van der Waals surface area contributed by atoms with Crippen LogP contribution in [0.4, 0.5) is 5.69 Å². The van der Waals surface area contributed by atoms with Gasteiger partial charge in [-0.1, -0.05) is 32.0 Å². The molecule has 2 N–H and O–H groups in total. The van der Waals surface area contributed by atoms with Crippen LogP contribution in [0, 0.1) is 5.92 Å². The summed E-state index contributed by atoms with van der Waals surface area (Å²) in [6, 6.07) is 9.17. The molecule has 0 aliphatic heterocycles. The zero-order chi connectivity index (χ0) is 15.7. The molecule has 1 aromatic rings. The van der Waals surface area contributed by atoms with Crippen molar-refractivity contribution < 1.29 is 9.59 Å². The van der Waals surface area contributed by atoms with Gasteiger partial charge in [0.2, 0.25) is 11.8 Å². The Morgan fingerprint density at radius 2 is 1.71 bits per heavy atom.